The van der Waals surface area contributed by atoms with Crippen LogP contribution in [-0.2, 0) is 22.7 Å². The number of aromatic nitrogens is 4. The summed E-state index contributed by atoms with van der Waals surface area (Å²) in [6, 6.07) is 19.7. The monoisotopic (exact) mass is 528 g/mol. The molecule has 5 rings (SSSR count). The third-order valence-electron chi connectivity index (χ3n) is 6.90. The largest absolute Gasteiger partial charge is 0.497 e. The molecule has 10 nitrogen and oxygen atoms in total. The first kappa shape index (κ1) is 26.1. The first-order chi connectivity index (χ1) is 19.0. The van der Waals surface area contributed by atoms with Gasteiger partial charge in [-0.2, -0.15) is 4.80 Å². The molecule has 10 heteroatoms. The zero-order valence-electron chi connectivity index (χ0n) is 22.1. The first-order valence-corrected chi connectivity index (χ1v) is 13.1. The van der Waals surface area contributed by atoms with Gasteiger partial charge in [0.05, 0.1) is 7.11 Å². The Morgan fingerprint density at radius 1 is 1.08 bits per heavy atom. The number of benzene rings is 2. The molecule has 4 aromatic rings. The van der Waals surface area contributed by atoms with E-state index in [0.717, 1.165) is 37.0 Å². The number of nitrogens with one attached hydrogen (secondary N) is 1. The number of furan rings is 1. The SMILES string of the molecule is COc1ccc([C@H](C(=O)NC2CCCC2)N(Cc2ccccc2)C(=O)Cn2nnc(-c3ccc(C)o3)n2)cc1. The van der Waals surface area contributed by atoms with Gasteiger partial charge in [0.25, 0.3) is 0 Å². The van der Waals surface area contributed by atoms with Gasteiger partial charge in [-0.1, -0.05) is 55.3 Å². The van der Waals surface area contributed by atoms with Gasteiger partial charge >= 0.3 is 0 Å². The number of carbonyl (C=O) groups is 2. The van der Waals surface area contributed by atoms with Crippen molar-refractivity contribution in [2.45, 2.75) is 57.8 Å². The highest BCUT2D eigenvalue weighted by Crippen LogP contribution is 2.28. The number of hydrogen-bond donors (Lipinski definition) is 1. The predicted octanol–water partition coefficient (Wildman–Crippen LogP) is 4.08. The topological polar surface area (TPSA) is 115 Å². The molecule has 0 unspecified atom stereocenters. The summed E-state index contributed by atoms with van der Waals surface area (Å²) >= 11 is 0. The van der Waals surface area contributed by atoms with E-state index in [1.54, 1.807) is 30.2 Å². The average molecular weight is 529 g/mol. The Morgan fingerprint density at radius 2 is 1.82 bits per heavy atom. The Kier molecular flexibility index (Phi) is 8.00. The summed E-state index contributed by atoms with van der Waals surface area (Å²) in [7, 11) is 1.59. The van der Waals surface area contributed by atoms with Crippen LogP contribution in [0.15, 0.2) is 71.1 Å². The van der Waals surface area contributed by atoms with E-state index in [1.165, 1.54) is 4.80 Å². The quantitative estimate of drug-likeness (QED) is 0.330. The van der Waals surface area contributed by atoms with E-state index in [2.05, 4.69) is 20.7 Å². The third-order valence-corrected chi connectivity index (χ3v) is 6.90. The second-order valence-electron chi connectivity index (χ2n) is 9.73. The van der Waals surface area contributed by atoms with Crippen LogP contribution in [0.5, 0.6) is 5.75 Å². The number of rotatable bonds is 10. The van der Waals surface area contributed by atoms with Gasteiger partial charge in [-0.05, 0) is 60.4 Å². The smallest absolute Gasteiger partial charge is 0.247 e. The maximum absolute atomic E-state index is 13.9. The summed E-state index contributed by atoms with van der Waals surface area (Å²) in [5.74, 6) is 1.62. The summed E-state index contributed by atoms with van der Waals surface area (Å²) in [6.07, 6.45) is 4.04. The third kappa shape index (κ3) is 6.34. The molecule has 1 atom stereocenters. The summed E-state index contributed by atoms with van der Waals surface area (Å²) < 4.78 is 10.9. The Labute approximate surface area is 227 Å². The average Bonchev–Trinajstić information content (AvgIpc) is 3.72. The molecular formula is C29H32N6O4. The van der Waals surface area contributed by atoms with Crippen molar-refractivity contribution in [1.29, 1.82) is 0 Å². The van der Waals surface area contributed by atoms with Crippen LogP contribution in [-0.4, -0.2) is 50.1 Å². The zero-order chi connectivity index (χ0) is 27.2. The lowest BCUT2D eigenvalue weighted by Crippen LogP contribution is -2.46. The summed E-state index contributed by atoms with van der Waals surface area (Å²) in [6.45, 7) is 1.87. The lowest BCUT2D eigenvalue weighted by Gasteiger charge is -2.32. The second kappa shape index (κ2) is 11.9. The van der Waals surface area contributed by atoms with Gasteiger partial charge in [0.1, 0.15) is 24.1 Å². The molecule has 0 spiro atoms. The van der Waals surface area contributed by atoms with Crippen LogP contribution in [0.3, 0.4) is 0 Å². The highest BCUT2D eigenvalue weighted by molar-refractivity contribution is 5.89. The number of tetrazole rings is 1. The minimum Gasteiger partial charge on any atom is -0.497 e. The minimum atomic E-state index is -0.861. The fourth-order valence-corrected chi connectivity index (χ4v) is 4.89. The van der Waals surface area contributed by atoms with Crippen LogP contribution in [0.4, 0.5) is 0 Å². The van der Waals surface area contributed by atoms with E-state index < -0.39 is 6.04 Å². The molecule has 1 aliphatic rings. The first-order valence-electron chi connectivity index (χ1n) is 13.1. The molecule has 1 saturated carbocycles. The Hall–Kier alpha value is -4.47. The highest BCUT2D eigenvalue weighted by Gasteiger charge is 2.33. The highest BCUT2D eigenvalue weighted by atomic mass is 16.5. The van der Waals surface area contributed by atoms with Crippen molar-refractivity contribution in [2.24, 2.45) is 0 Å². The Balaban J connectivity index is 1.47. The molecular weight excluding hydrogens is 496 g/mol. The van der Waals surface area contributed by atoms with Gasteiger partial charge in [-0.15, -0.1) is 10.2 Å². The zero-order valence-corrected chi connectivity index (χ0v) is 22.1. The number of hydrogen-bond acceptors (Lipinski definition) is 7. The van der Waals surface area contributed by atoms with Crippen LogP contribution < -0.4 is 10.1 Å². The van der Waals surface area contributed by atoms with Crippen LogP contribution in [0, 0.1) is 6.92 Å². The van der Waals surface area contributed by atoms with Crippen LogP contribution in [0.1, 0.15) is 48.6 Å². The molecule has 1 fully saturated rings. The van der Waals surface area contributed by atoms with Crippen molar-refractivity contribution in [3.05, 3.63) is 83.6 Å². The molecule has 2 heterocycles. The molecule has 0 saturated heterocycles. The van der Waals surface area contributed by atoms with Gasteiger partial charge in [0, 0.05) is 12.6 Å². The van der Waals surface area contributed by atoms with E-state index in [9.17, 15) is 9.59 Å². The summed E-state index contributed by atoms with van der Waals surface area (Å²) in [4.78, 5) is 30.6. The summed E-state index contributed by atoms with van der Waals surface area (Å²) in [5.41, 5.74) is 1.59. The number of methoxy groups -OCH3 is 1. The van der Waals surface area contributed by atoms with Gasteiger partial charge in [0.15, 0.2) is 5.76 Å². The Bertz CT molecular complexity index is 1390. The van der Waals surface area contributed by atoms with Crippen molar-refractivity contribution in [3.8, 4) is 17.3 Å². The lowest BCUT2D eigenvalue weighted by atomic mass is 10.0. The van der Waals surface area contributed by atoms with Gasteiger partial charge in [0.2, 0.25) is 17.6 Å². The minimum absolute atomic E-state index is 0.100. The van der Waals surface area contributed by atoms with Gasteiger partial charge in [-0.25, -0.2) is 0 Å². The number of ether oxygens (including phenoxy) is 1. The van der Waals surface area contributed by atoms with E-state index in [1.807, 2.05) is 55.5 Å². The normalized spacial score (nSPS) is 14.2. The van der Waals surface area contributed by atoms with E-state index in [0.29, 0.717) is 17.1 Å². The summed E-state index contributed by atoms with van der Waals surface area (Å²) in [5, 5.41) is 15.6. The number of nitrogens with zero attached hydrogens (tertiary/aromatic N) is 5. The number of aryl methyl sites for hydroxylation is 1. The fraction of sp³-hybridized carbons (Fsp3) is 0.345. The molecule has 39 heavy (non-hydrogen) atoms. The van der Waals surface area contributed by atoms with E-state index in [-0.39, 0.29) is 36.8 Å². The number of carbonyl (C=O) groups excluding carboxylic acids is 2. The van der Waals surface area contributed by atoms with Crippen molar-refractivity contribution >= 4 is 11.8 Å². The molecule has 0 aliphatic heterocycles. The van der Waals surface area contributed by atoms with E-state index >= 15 is 0 Å². The molecule has 0 bridgehead atoms. The van der Waals surface area contributed by atoms with E-state index in [4.69, 9.17) is 9.15 Å². The molecule has 2 aromatic carbocycles. The molecule has 1 aliphatic carbocycles. The van der Waals surface area contributed by atoms with Gasteiger partial charge < -0.3 is 19.4 Å². The molecule has 2 amide bonds. The van der Waals surface area contributed by atoms with Crippen molar-refractivity contribution in [1.82, 2.24) is 30.4 Å². The predicted molar refractivity (Wildman–Crippen MR) is 143 cm³/mol. The van der Waals surface area contributed by atoms with Crippen molar-refractivity contribution in [3.63, 3.8) is 0 Å². The second-order valence-corrected chi connectivity index (χ2v) is 9.73. The van der Waals surface area contributed by atoms with Gasteiger partial charge in [-0.3, -0.25) is 9.59 Å². The van der Waals surface area contributed by atoms with Crippen LogP contribution in [0.2, 0.25) is 0 Å². The molecule has 2 aromatic heterocycles. The maximum atomic E-state index is 13.9. The van der Waals surface area contributed by atoms with Crippen molar-refractivity contribution < 1.29 is 18.7 Å². The lowest BCUT2D eigenvalue weighted by molar-refractivity contribution is -0.142. The number of amides is 2. The molecule has 202 valence electrons. The maximum Gasteiger partial charge on any atom is 0.247 e. The standard InChI is InChI=1S/C29H32N6O4/c1-20-12-17-25(39-20)28-31-33-35(32-28)19-26(36)34(18-21-8-4-3-5-9-21)27(22-13-15-24(38-2)16-14-22)29(37)30-23-10-6-7-11-23/h3-5,8-9,12-17,23,27H,6-7,10-11,18-19H2,1-2H3,(H,30,37)/t27-/m1/s1. The van der Waals surface area contributed by atoms with Crippen LogP contribution in [0.25, 0.3) is 11.6 Å². The fourth-order valence-electron chi connectivity index (χ4n) is 4.89. The Morgan fingerprint density at radius 3 is 2.49 bits per heavy atom. The molecule has 1 N–H and O–H groups in total. The van der Waals surface area contributed by atoms with Crippen LogP contribution >= 0.6 is 0 Å². The van der Waals surface area contributed by atoms with Crippen molar-refractivity contribution in [2.75, 3.05) is 7.11 Å². The molecule has 0 radical (unpaired) electrons.